The van der Waals surface area contributed by atoms with Gasteiger partial charge in [-0.05, 0) is 54.5 Å². The fraction of sp³-hybridized carbons (Fsp3) is 0.345. The Hall–Kier alpha value is -3.47. The lowest BCUT2D eigenvalue weighted by Gasteiger charge is -2.37. The minimum Gasteiger partial charge on any atom is -0.468 e. The summed E-state index contributed by atoms with van der Waals surface area (Å²) in [4.78, 5) is 39.5. The first kappa shape index (κ1) is 23.7. The standard InChI is InChI=1S/C29H30O5/c1-19-15-28(21-11-7-5-8-12-21,22-13-9-6-10-14-22)18-25(30)20(2)24-17-29(16-23(19)24,26(31)33-3)27(32)34-4/h5-14H,15-18H2,1-4H3/b23-19-,24-20-. The van der Waals surface area contributed by atoms with Crippen LogP contribution in [0.25, 0.3) is 0 Å². The maximum atomic E-state index is 13.8. The SMILES string of the molecule is COC(=O)C1(C(=O)OC)CC2=C(\C)CC(c3ccccc3)(c3ccccc3)CC(=O)/C(C)=C\2C1. The third-order valence-corrected chi connectivity index (χ3v) is 7.54. The number of ether oxygens (including phenoxy) is 2. The summed E-state index contributed by atoms with van der Waals surface area (Å²) in [6.07, 6.45) is 1.17. The van der Waals surface area contributed by atoms with Gasteiger partial charge in [0, 0.05) is 18.3 Å². The summed E-state index contributed by atoms with van der Waals surface area (Å²) in [6, 6.07) is 20.2. The highest BCUT2D eigenvalue weighted by molar-refractivity contribution is 6.04. The second-order valence-electron chi connectivity index (χ2n) is 9.37. The lowest BCUT2D eigenvalue weighted by molar-refractivity contribution is -0.168. The highest BCUT2D eigenvalue weighted by Gasteiger charge is 2.55. The van der Waals surface area contributed by atoms with Crippen LogP contribution in [-0.4, -0.2) is 31.9 Å². The molecule has 2 aliphatic carbocycles. The van der Waals surface area contributed by atoms with E-state index in [2.05, 4.69) is 24.3 Å². The number of methoxy groups -OCH3 is 2. The Morgan fingerprint density at radius 2 is 1.18 bits per heavy atom. The summed E-state index contributed by atoms with van der Waals surface area (Å²) < 4.78 is 10.1. The van der Waals surface area contributed by atoms with Gasteiger partial charge in [0.05, 0.1) is 14.2 Å². The van der Waals surface area contributed by atoms with Gasteiger partial charge in [-0.25, -0.2) is 0 Å². The molecular formula is C29H30O5. The first-order valence-electron chi connectivity index (χ1n) is 11.5. The van der Waals surface area contributed by atoms with E-state index in [4.69, 9.17) is 9.47 Å². The van der Waals surface area contributed by atoms with Gasteiger partial charge in [0.25, 0.3) is 0 Å². The Bertz CT molecular complexity index is 1130. The molecule has 0 saturated heterocycles. The molecule has 2 aromatic carbocycles. The zero-order valence-electron chi connectivity index (χ0n) is 20.1. The Morgan fingerprint density at radius 1 is 0.706 bits per heavy atom. The average molecular weight is 459 g/mol. The number of carbonyl (C=O) groups is 3. The molecule has 0 bridgehead atoms. The Balaban J connectivity index is 1.95. The van der Waals surface area contributed by atoms with Crippen LogP contribution in [-0.2, 0) is 29.3 Å². The molecule has 0 heterocycles. The van der Waals surface area contributed by atoms with E-state index < -0.39 is 22.8 Å². The molecule has 176 valence electrons. The lowest BCUT2D eigenvalue weighted by Crippen LogP contribution is -2.38. The second kappa shape index (κ2) is 9.05. The molecule has 5 heteroatoms. The third kappa shape index (κ3) is 3.69. The van der Waals surface area contributed by atoms with E-state index in [0.717, 1.165) is 27.8 Å². The van der Waals surface area contributed by atoms with Crippen molar-refractivity contribution in [1.29, 1.82) is 0 Å². The number of hydrogen-bond acceptors (Lipinski definition) is 5. The summed E-state index contributed by atoms with van der Waals surface area (Å²) in [5.74, 6) is -1.24. The van der Waals surface area contributed by atoms with Gasteiger partial charge in [-0.2, -0.15) is 0 Å². The van der Waals surface area contributed by atoms with E-state index in [1.165, 1.54) is 14.2 Å². The first-order valence-corrected chi connectivity index (χ1v) is 11.5. The minimum atomic E-state index is -1.47. The molecule has 0 aromatic heterocycles. The van der Waals surface area contributed by atoms with Crippen molar-refractivity contribution in [2.45, 2.75) is 44.9 Å². The molecule has 4 rings (SSSR count). The van der Waals surface area contributed by atoms with Crippen molar-refractivity contribution in [2.24, 2.45) is 5.41 Å². The highest BCUT2D eigenvalue weighted by Crippen LogP contribution is 2.53. The molecule has 5 nitrogen and oxygen atoms in total. The van der Waals surface area contributed by atoms with Crippen molar-refractivity contribution in [3.8, 4) is 0 Å². The largest absolute Gasteiger partial charge is 0.468 e. The van der Waals surface area contributed by atoms with Gasteiger partial charge in [0.2, 0.25) is 0 Å². The molecule has 0 atom stereocenters. The van der Waals surface area contributed by atoms with Crippen LogP contribution < -0.4 is 0 Å². The molecule has 0 N–H and O–H groups in total. The quantitative estimate of drug-likeness (QED) is 0.471. The molecular weight excluding hydrogens is 428 g/mol. The summed E-state index contributed by atoms with van der Waals surface area (Å²) >= 11 is 0. The smallest absolute Gasteiger partial charge is 0.323 e. The number of rotatable bonds is 4. The van der Waals surface area contributed by atoms with Gasteiger partial charge < -0.3 is 9.47 Å². The number of hydrogen-bond donors (Lipinski definition) is 0. The van der Waals surface area contributed by atoms with Gasteiger partial charge in [0.15, 0.2) is 11.2 Å². The Kier molecular flexibility index (Phi) is 6.30. The maximum Gasteiger partial charge on any atom is 0.323 e. The number of allylic oxidation sites excluding steroid dienone is 4. The summed E-state index contributed by atoms with van der Waals surface area (Å²) in [5.41, 5.74) is 3.41. The van der Waals surface area contributed by atoms with E-state index in [9.17, 15) is 14.4 Å². The lowest BCUT2D eigenvalue weighted by atomic mass is 9.65. The van der Waals surface area contributed by atoms with Crippen molar-refractivity contribution in [2.75, 3.05) is 14.2 Å². The van der Waals surface area contributed by atoms with Gasteiger partial charge in [0.1, 0.15) is 0 Å². The van der Waals surface area contributed by atoms with Crippen molar-refractivity contribution < 1.29 is 23.9 Å². The van der Waals surface area contributed by atoms with Crippen molar-refractivity contribution in [1.82, 2.24) is 0 Å². The average Bonchev–Trinajstić information content (AvgIpc) is 3.29. The molecule has 0 radical (unpaired) electrons. The van der Waals surface area contributed by atoms with E-state index in [1.54, 1.807) is 0 Å². The molecule has 1 saturated carbocycles. The molecule has 34 heavy (non-hydrogen) atoms. The molecule has 0 aliphatic heterocycles. The number of esters is 2. The number of ketones is 1. The van der Waals surface area contributed by atoms with Crippen LogP contribution >= 0.6 is 0 Å². The van der Waals surface area contributed by atoms with Crippen LogP contribution in [0.3, 0.4) is 0 Å². The molecule has 0 spiro atoms. The fourth-order valence-electron chi connectivity index (χ4n) is 5.70. The fourth-order valence-corrected chi connectivity index (χ4v) is 5.70. The van der Waals surface area contributed by atoms with Gasteiger partial charge in [-0.3, -0.25) is 14.4 Å². The highest BCUT2D eigenvalue weighted by atomic mass is 16.5. The van der Waals surface area contributed by atoms with Crippen molar-refractivity contribution in [3.63, 3.8) is 0 Å². The Labute approximate surface area is 200 Å². The zero-order valence-corrected chi connectivity index (χ0v) is 20.1. The second-order valence-corrected chi connectivity index (χ2v) is 9.37. The van der Waals surface area contributed by atoms with Crippen LogP contribution in [0.2, 0.25) is 0 Å². The minimum absolute atomic E-state index is 0.0123. The predicted molar refractivity (Wildman–Crippen MR) is 129 cm³/mol. The van der Waals surface area contributed by atoms with Crippen LogP contribution in [0.4, 0.5) is 0 Å². The van der Waals surface area contributed by atoms with E-state index in [1.807, 2.05) is 50.2 Å². The van der Waals surface area contributed by atoms with Crippen LogP contribution in [0.1, 0.15) is 50.7 Å². The van der Waals surface area contributed by atoms with E-state index in [-0.39, 0.29) is 18.6 Å². The zero-order chi connectivity index (χ0) is 24.5. The normalized spacial score (nSPS) is 23.5. The van der Waals surface area contributed by atoms with Crippen molar-refractivity contribution in [3.05, 3.63) is 94.1 Å². The topological polar surface area (TPSA) is 69.7 Å². The monoisotopic (exact) mass is 458 g/mol. The van der Waals surface area contributed by atoms with Crippen LogP contribution in [0, 0.1) is 5.41 Å². The summed E-state index contributed by atoms with van der Waals surface area (Å²) in [6.45, 7) is 3.85. The molecule has 0 amide bonds. The van der Waals surface area contributed by atoms with E-state index in [0.29, 0.717) is 18.4 Å². The third-order valence-electron chi connectivity index (χ3n) is 7.54. The summed E-state index contributed by atoms with van der Waals surface area (Å²) in [5, 5.41) is 0. The molecule has 1 fully saturated rings. The first-order chi connectivity index (χ1) is 16.3. The predicted octanol–water partition coefficient (Wildman–Crippen LogP) is 5.09. The summed E-state index contributed by atoms with van der Waals surface area (Å²) in [7, 11) is 2.55. The van der Waals surface area contributed by atoms with Gasteiger partial charge in [-0.15, -0.1) is 0 Å². The number of Topliss-reactive ketones (excluding diaryl/α,β-unsaturated/α-hetero) is 1. The number of benzene rings is 2. The molecule has 0 unspecified atom stereocenters. The number of carbonyl (C=O) groups excluding carboxylic acids is 3. The van der Waals surface area contributed by atoms with Gasteiger partial charge >= 0.3 is 11.9 Å². The maximum absolute atomic E-state index is 13.8. The molecule has 2 aromatic rings. The van der Waals surface area contributed by atoms with Crippen molar-refractivity contribution >= 4 is 17.7 Å². The van der Waals surface area contributed by atoms with Crippen LogP contribution in [0.5, 0.6) is 0 Å². The van der Waals surface area contributed by atoms with E-state index >= 15 is 0 Å². The van der Waals surface area contributed by atoms with Gasteiger partial charge in [-0.1, -0.05) is 66.2 Å². The number of fused-ring (bicyclic) bond motifs is 1. The Morgan fingerprint density at radius 3 is 1.65 bits per heavy atom. The molecule has 2 aliphatic rings. The van der Waals surface area contributed by atoms with Crippen LogP contribution in [0.15, 0.2) is 83.0 Å².